The smallest absolute Gasteiger partial charge is 0.338 e. The van der Waals surface area contributed by atoms with Crippen molar-refractivity contribution in [3.05, 3.63) is 95.9 Å². The molecule has 0 fully saturated rings. The van der Waals surface area contributed by atoms with Gasteiger partial charge in [0.25, 0.3) is 0 Å². The number of carbonyl (C=O) groups is 1. The molecule has 2 aromatic heterocycles. The molecule has 0 aliphatic heterocycles. The summed E-state index contributed by atoms with van der Waals surface area (Å²) in [5.41, 5.74) is 3.23. The first-order valence-electron chi connectivity index (χ1n) is 9.67. The van der Waals surface area contributed by atoms with Crippen LogP contribution in [0, 0.1) is 0 Å². The fraction of sp³-hybridized carbons (Fsp3) is 0.125. The average Bonchev–Trinajstić information content (AvgIpc) is 2.79. The first-order valence-corrected chi connectivity index (χ1v) is 9.67. The molecule has 2 N–H and O–H groups in total. The number of hydrogen-bond donors (Lipinski definition) is 2. The molecule has 0 radical (unpaired) electrons. The zero-order valence-corrected chi connectivity index (χ0v) is 16.4. The van der Waals surface area contributed by atoms with E-state index < -0.39 is 6.04 Å². The van der Waals surface area contributed by atoms with Gasteiger partial charge >= 0.3 is 5.97 Å². The third-order valence-electron chi connectivity index (χ3n) is 4.79. The number of nitrogens with zero attached hydrogens (tertiary/aromatic N) is 2. The number of phenols is 1. The Labute approximate surface area is 174 Å². The summed E-state index contributed by atoms with van der Waals surface area (Å²) in [5.74, 6) is -0.271. The highest BCUT2D eigenvalue weighted by Gasteiger charge is 2.20. The summed E-state index contributed by atoms with van der Waals surface area (Å²) in [4.78, 5) is 20.7. The van der Waals surface area contributed by atoms with Crippen molar-refractivity contribution < 1.29 is 14.6 Å². The molecule has 0 saturated carbocycles. The zero-order chi connectivity index (χ0) is 20.9. The van der Waals surface area contributed by atoms with Gasteiger partial charge in [-0.05, 0) is 42.8 Å². The third-order valence-corrected chi connectivity index (χ3v) is 4.79. The predicted octanol–water partition coefficient (Wildman–Crippen LogP) is 4.71. The van der Waals surface area contributed by atoms with Crippen LogP contribution < -0.4 is 5.32 Å². The lowest BCUT2D eigenvalue weighted by Gasteiger charge is -2.22. The van der Waals surface area contributed by atoms with E-state index in [4.69, 9.17) is 4.74 Å². The molecule has 0 unspecified atom stereocenters. The van der Waals surface area contributed by atoms with Crippen molar-refractivity contribution in [1.82, 2.24) is 9.97 Å². The maximum absolute atomic E-state index is 12.1. The molecule has 6 heteroatoms. The molecule has 4 rings (SSSR count). The molecule has 30 heavy (non-hydrogen) atoms. The molecule has 0 amide bonds. The number of benzene rings is 2. The van der Waals surface area contributed by atoms with Crippen LogP contribution in [-0.2, 0) is 4.74 Å². The van der Waals surface area contributed by atoms with Gasteiger partial charge in [0.2, 0.25) is 0 Å². The van der Waals surface area contributed by atoms with Gasteiger partial charge in [0.05, 0.1) is 18.2 Å². The number of fused-ring (bicyclic) bond motifs is 1. The topological polar surface area (TPSA) is 84.3 Å². The summed E-state index contributed by atoms with van der Waals surface area (Å²) < 4.78 is 5.10. The summed E-state index contributed by atoms with van der Waals surface area (Å²) >= 11 is 0. The van der Waals surface area contributed by atoms with Gasteiger partial charge in [-0.3, -0.25) is 9.97 Å². The minimum atomic E-state index is -0.400. The number of ether oxygens (including phenoxy) is 1. The van der Waals surface area contributed by atoms with Crippen LogP contribution in [-0.4, -0.2) is 27.7 Å². The third kappa shape index (κ3) is 3.93. The van der Waals surface area contributed by atoms with E-state index in [9.17, 15) is 9.90 Å². The zero-order valence-electron chi connectivity index (χ0n) is 16.4. The molecule has 0 aliphatic carbocycles. The molecule has 150 valence electrons. The number of esters is 1. The van der Waals surface area contributed by atoms with Crippen LogP contribution >= 0.6 is 0 Å². The molecule has 0 spiro atoms. The van der Waals surface area contributed by atoms with Crippen molar-refractivity contribution in [2.45, 2.75) is 13.0 Å². The quantitative estimate of drug-likeness (QED) is 0.457. The lowest BCUT2D eigenvalue weighted by molar-refractivity contribution is 0.0526. The standard InChI is InChI=1S/C24H21N3O3/c1-2-30-24(29)17-6-3-9-19(14-17)27-21(18-8-4-12-25-15-18)20-11-10-16-7-5-13-26-22(16)23(20)28/h3-15,21,27-28H,2H2,1H3/t21-/m0/s1. The normalized spacial score (nSPS) is 11.8. The molecule has 1 atom stereocenters. The van der Waals surface area contributed by atoms with E-state index >= 15 is 0 Å². The largest absolute Gasteiger partial charge is 0.505 e. The molecule has 6 nitrogen and oxygen atoms in total. The van der Waals surface area contributed by atoms with E-state index in [2.05, 4.69) is 15.3 Å². The Hall–Kier alpha value is -3.93. The number of anilines is 1. The highest BCUT2D eigenvalue weighted by atomic mass is 16.5. The minimum Gasteiger partial charge on any atom is -0.505 e. The molecular weight excluding hydrogens is 378 g/mol. The van der Waals surface area contributed by atoms with Gasteiger partial charge in [0, 0.05) is 35.2 Å². The van der Waals surface area contributed by atoms with Crippen LogP contribution in [0.25, 0.3) is 10.9 Å². The number of carbonyl (C=O) groups excluding carboxylic acids is 1. The number of nitrogens with one attached hydrogen (secondary N) is 1. The summed E-state index contributed by atoms with van der Waals surface area (Å²) in [5, 5.41) is 15.2. The van der Waals surface area contributed by atoms with E-state index in [1.54, 1.807) is 43.7 Å². The van der Waals surface area contributed by atoms with Crippen molar-refractivity contribution in [2.24, 2.45) is 0 Å². The molecule has 0 saturated heterocycles. The van der Waals surface area contributed by atoms with Crippen molar-refractivity contribution in [1.29, 1.82) is 0 Å². The maximum Gasteiger partial charge on any atom is 0.338 e. The van der Waals surface area contributed by atoms with E-state index in [1.165, 1.54) is 0 Å². The highest BCUT2D eigenvalue weighted by molar-refractivity contribution is 5.90. The Balaban J connectivity index is 1.77. The van der Waals surface area contributed by atoms with E-state index in [-0.39, 0.29) is 11.7 Å². The van der Waals surface area contributed by atoms with Gasteiger partial charge in [-0.2, -0.15) is 0 Å². The van der Waals surface area contributed by atoms with E-state index in [1.807, 2.05) is 42.5 Å². The van der Waals surface area contributed by atoms with Crippen molar-refractivity contribution >= 4 is 22.6 Å². The van der Waals surface area contributed by atoms with Crippen molar-refractivity contribution in [3.63, 3.8) is 0 Å². The summed E-state index contributed by atoms with van der Waals surface area (Å²) in [6.45, 7) is 2.09. The Kier molecular flexibility index (Phi) is 5.57. The fourth-order valence-corrected chi connectivity index (χ4v) is 3.38. The molecule has 2 heterocycles. The maximum atomic E-state index is 12.1. The number of rotatable bonds is 6. The average molecular weight is 399 g/mol. The second-order valence-electron chi connectivity index (χ2n) is 6.74. The molecular formula is C24H21N3O3. The van der Waals surface area contributed by atoms with Crippen LogP contribution in [0.3, 0.4) is 0 Å². The van der Waals surface area contributed by atoms with Crippen LogP contribution in [0.15, 0.2) is 79.3 Å². The SMILES string of the molecule is CCOC(=O)c1cccc(N[C@@H](c2cccnc2)c2ccc3cccnc3c2O)c1. The van der Waals surface area contributed by atoms with Gasteiger partial charge < -0.3 is 15.2 Å². The second-order valence-corrected chi connectivity index (χ2v) is 6.74. The molecule has 4 aromatic rings. The number of pyridine rings is 2. The number of aromatic hydroxyl groups is 1. The highest BCUT2D eigenvalue weighted by Crippen LogP contribution is 2.36. The first kappa shape index (κ1) is 19.4. The van der Waals surface area contributed by atoms with Gasteiger partial charge in [-0.25, -0.2) is 4.79 Å². The second kappa shape index (κ2) is 8.61. The summed E-state index contributed by atoms with van der Waals surface area (Å²) in [7, 11) is 0. The minimum absolute atomic E-state index is 0.107. The number of hydrogen-bond acceptors (Lipinski definition) is 6. The predicted molar refractivity (Wildman–Crippen MR) is 116 cm³/mol. The Morgan fingerprint density at radius 3 is 2.77 bits per heavy atom. The van der Waals surface area contributed by atoms with Crippen LogP contribution in [0.5, 0.6) is 5.75 Å². The van der Waals surface area contributed by atoms with E-state index in [0.717, 1.165) is 16.6 Å². The van der Waals surface area contributed by atoms with Crippen molar-refractivity contribution in [3.8, 4) is 5.75 Å². The van der Waals surface area contributed by atoms with Gasteiger partial charge in [-0.1, -0.05) is 30.3 Å². The van der Waals surface area contributed by atoms with Gasteiger partial charge in [0.15, 0.2) is 0 Å². The van der Waals surface area contributed by atoms with E-state index in [0.29, 0.717) is 23.3 Å². The van der Waals surface area contributed by atoms with Crippen LogP contribution in [0.1, 0.15) is 34.5 Å². The fourth-order valence-electron chi connectivity index (χ4n) is 3.38. The van der Waals surface area contributed by atoms with Crippen LogP contribution in [0.4, 0.5) is 5.69 Å². The Morgan fingerprint density at radius 1 is 1.10 bits per heavy atom. The first-order chi connectivity index (χ1) is 14.7. The molecule has 0 aliphatic rings. The Morgan fingerprint density at radius 2 is 1.97 bits per heavy atom. The molecule has 0 bridgehead atoms. The number of aromatic nitrogens is 2. The lowest BCUT2D eigenvalue weighted by atomic mass is 9.97. The summed E-state index contributed by atoms with van der Waals surface area (Å²) in [6, 6.07) is 18.0. The Bertz CT molecular complexity index is 1180. The number of phenolic OH excluding ortho intramolecular Hbond substituents is 1. The lowest BCUT2D eigenvalue weighted by Crippen LogP contribution is -2.14. The van der Waals surface area contributed by atoms with Crippen LogP contribution in [0.2, 0.25) is 0 Å². The van der Waals surface area contributed by atoms with Gasteiger partial charge in [-0.15, -0.1) is 0 Å². The van der Waals surface area contributed by atoms with Crippen molar-refractivity contribution in [2.75, 3.05) is 11.9 Å². The van der Waals surface area contributed by atoms with Gasteiger partial charge in [0.1, 0.15) is 11.3 Å². The summed E-state index contributed by atoms with van der Waals surface area (Å²) in [6.07, 6.45) is 5.10. The monoisotopic (exact) mass is 399 g/mol. The molecule has 2 aromatic carbocycles.